The van der Waals surface area contributed by atoms with Crippen LogP contribution in [-0.2, 0) is 13.0 Å². The van der Waals surface area contributed by atoms with Gasteiger partial charge in [0.15, 0.2) is 0 Å². The third-order valence-corrected chi connectivity index (χ3v) is 3.72. The highest BCUT2D eigenvalue weighted by atomic mass is 15.1. The molecule has 3 nitrogen and oxygen atoms in total. The molecule has 2 rings (SSSR count). The van der Waals surface area contributed by atoms with Gasteiger partial charge in [0.1, 0.15) is 0 Å². The SMILES string of the molecule is Cc1cccc(CN(C)[C@@H](C)Cc2ncccc2C)n1. The molecule has 0 aliphatic heterocycles. The molecule has 0 amide bonds. The van der Waals surface area contributed by atoms with Gasteiger partial charge in [0.2, 0.25) is 0 Å². The van der Waals surface area contributed by atoms with Crippen molar-refractivity contribution in [3.8, 4) is 0 Å². The van der Waals surface area contributed by atoms with Gasteiger partial charge in [0, 0.05) is 36.6 Å². The molecule has 0 unspecified atom stereocenters. The maximum Gasteiger partial charge on any atom is 0.0547 e. The molecule has 1 atom stereocenters. The molecule has 0 N–H and O–H groups in total. The largest absolute Gasteiger partial charge is 0.297 e. The van der Waals surface area contributed by atoms with Crippen LogP contribution in [0.5, 0.6) is 0 Å². The van der Waals surface area contributed by atoms with E-state index in [-0.39, 0.29) is 0 Å². The Kier molecular flexibility index (Phi) is 4.85. The third kappa shape index (κ3) is 3.87. The number of aryl methyl sites for hydroxylation is 2. The summed E-state index contributed by atoms with van der Waals surface area (Å²) in [5.41, 5.74) is 4.65. The van der Waals surface area contributed by atoms with Crippen LogP contribution in [0.15, 0.2) is 36.5 Å². The minimum Gasteiger partial charge on any atom is -0.297 e. The van der Waals surface area contributed by atoms with Crippen LogP contribution in [0.1, 0.15) is 29.6 Å². The van der Waals surface area contributed by atoms with Gasteiger partial charge >= 0.3 is 0 Å². The van der Waals surface area contributed by atoms with Gasteiger partial charge in [-0.15, -0.1) is 0 Å². The molecule has 106 valence electrons. The van der Waals surface area contributed by atoms with E-state index in [0.29, 0.717) is 6.04 Å². The second-order valence-corrected chi connectivity index (χ2v) is 5.51. The monoisotopic (exact) mass is 269 g/mol. The molecule has 0 fully saturated rings. The summed E-state index contributed by atoms with van der Waals surface area (Å²) in [4.78, 5) is 11.4. The maximum absolute atomic E-state index is 4.56. The predicted molar refractivity (Wildman–Crippen MR) is 82.6 cm³/mol. The lowest BCUT2D eigenvalue weighted by molar-refractivity contribution is 0.244. The smallest absolute Gasteiger partial charge is 0.0547 e. The van der Waals surface area contributed by atoms with E-state index >= 15 is 0 Å². The van der Waals surface area contributed by atoms with E-state index in [1.807, 2.05) is 25.3 Å². The topological polar surface area (TPSA) is 29.0 Å². The summed E-state index contributed by atoms with van der Waals surface area (Å²) in [7, 11) is 2.15. The minimum absolute atomic E-state index is 0.436. The molecule has 0 aromatic carbocycles. The van der Waals surface area contributed by atoms with Crippen molar-refractivity contribution >= 4 is 0 Å². The van der Waals surface area contributed by atoms with Crippen LogP contribution >= 0.6 is 0 Å². The summed E-state index contributed by atoms with van der Waals surface area (Å²) in [6, 6.07) is 10.7. The molecule has 2 heterocycles. The van der Waals surface area contributed by atoms with Gasteiger partial charge < -0.3 is 0 Å². The Balaban J connectivity index is 1.99. The van der Waals surface area contributed by atoms with Crippen LogP contribution in [0, 0.1) is 13.8 Å². The minimum atomic E-state index is 0.436. The zero-order valence-corrected chi connectivity index (χ0v) is 12.8. The Morgan fingerprint density at radius 3 is 2.65 bits per heavy atom. The molecule has 0 saturated carbocycles. The van der Waals surface area contributed by atoms with Gasteiger partial charge in [-0.3, -0.25) is 14.9 Å². The first kappa shape index (κ1) is 14.7. The van der Waals surface area contributed by atoms with Crippen molar-refractivity contribution < 1.29 is 0 Å². The molecular weight excluding hydrogens is 246 g/mol. The van der Waals surface area contributed by atoms with Crippen molar-refractivity contribution in [2.24, 2.45) is 0 Å². The fourth-order valence-corrected chi connectivity index (χ4v) is 2.27. The highest BCUT2D eigenvalue weighted by Crippen LogP contribution is 2.11. The number of aromatic nitrogens is 2. The molecule has 20 heavy (non-hydrogen) atoms. The van der Waals surface area contributed by atoms with Crippen LogP contribution < -0.4 is 0 Å². The Bertz CT molecular complexity index is 566. The van der Waals surface area contributed by atoms with Crippen LogP contribution in [0.3, 0.4) is 0 Å². The molecule has 0 aliphatic rings. The van der Waals surface area contributed by atoms with Gasteiger partial charge in [-0.25, -0.2) is 0 Å². The second kappa shape index (κ2) is 6.62. The Morgan fingerprint density at radius 2 is 1.95 bits per heavy atom. The lowest BCUT2D eigenvalue weighted by atomic mass is 10.1. The fraction of sp³-hybridized carbons (Fsp3) is 0.412. The standard InChI is InChI=1S/C17H23N3/c1-13-7-6-10-18-17(13)11-15(3)20(4)12-16-9-5-8-14(2)19-16/h5-10,15H,11-12H2,1-4H3/t15-/m0/s1. The number of nitrogens with zero attached hydrogens (tertiary/aromatic N) is 3. The number of hydrogen-bond donors (Lipinski definition) is 0. The number of hydrogen-bond acceptors (Lipinski definition) is 3. The van der Waals surface area contributed by atoms with E-state index in [4.69, 9.17) is 0 Å². The molecule has 0 spiro atoms. The van der Waals surface area contributed by atoms with Crippen molar-refractivity contribution in [1.82, 2.24) is 14.9 Å². The normalized spacial score (nSPS) is 12.7. The first-order valence-electron chi connectivity index (χ1n) is 7.09. The first-order valence-corrected chi connectivity index (χ1v) is 7.09. The average molecular weight is 269 g/mol. The Hall–Kier alpha value is -1.74. The zero-order valence-electron chi connectivity index (χ0n) is 12.8. The van der Waals surface area contributed by atoms with Gasteiger partial charge in [0.25, 0.3) is 0 Å². The van der Waals surface area contributed by atoms with Crippen LogP contribution in [0.25, 0.3) is 0 Å². The summed E-state index contributed by atoms with van der Waals surface area (Å²) in [5, 5.41) is 0. The van der Waals surface area contributed by atoms with E-state index in [1.165, 1.54) is 11.3 Å². The molecule has 2 aromatic rings. The molecule has 0 aliphatic carbocycles. The lowest BCUT2D eigenvalue weighted by Crippen LogP contribution is -2.31. The lowest BCUT2D eigenvalue weighted by Gasteiger charge is -2.24. The summed E-state index contributed by atoms with van der Waals surface area (Å²) >= 11 is 0. The predicted octanol–water partition coefficient (Wildman–Crippen LogP) is 3.16. The highest BCUT2D eigenvalue weighted by Gasteiger charge is 2.13. The van der Waals surface area contributed by atoms with Gasteiger partial charge in [-0.05, 0) is 51.6 Å². The van der Waals surface area contributed by atoms with E-state index in [9.17, 15) is 0 Å². The van der Waals surface area contributed by atoms with Crippen molar-refractivity contribution in [3.63, 3.8) is 0 Å². The number of rotatable bonds is 5. The third-order valence-electron chi connectivity index (χ3n) is 3.72. The molecule has 0 bridgehead atoms. The quantitative estimate of drug-likeness (QED) is 0.835. The second-order valence-electron chi connectivity index (χ2n) is 5.51. The summed E-state index contributed by atoms with van der Waals surface area (Å²) in [6.07, 6.45) is 2.84. The molecular formula is C17H23N3. The van der Waals surface area contributed by atoms with Crippen LogP contribution in [0.4, 0.5) is 0 Å². The van der Waals surface area contributed by atoms with Crippen molar-refractivity contribution in [2.45, 2.75) is 39.8 Å². The molecule has 2 aromatic heterocycles. The molecule has 0 saturated heterocycles. The molecule has 3 heteroatoms. The van der Waals surface area contributed by atoms with Gasteiger partial charge in [-0.2, -0.15) is 0 Å². The summed E-state index contributed by atoms with van der Waals surface area (Å²) in [5.74, 6) is 0. The van der Waals surface area contributed by atoms with Gasteiger partial charge in [-0.1, -0.05) is 12.1 Å². The van der Waals surface area contributed by atoms with Crippen molar-refractivity contribution in [2.75, 3.05) is 7.05 Å². The number of pyridine rings is 2. The maximum atomic E-state index is 4.56. The van der Waals surface area contributed by atoms with Crippen molar-refractivity contribution in [3.05, 3.63) is 59.2 Å². The summed E-state index contributed by atoms with van der Waals surface area (Å²) in [6.45, 7) is 7.26. The fourth-order valence-electron chi connectivity index (χ4n) is 2.27. The van der Waals surface area contributed by atoms with E-state index < -0.39 is 0 Å². The van der Waals surface area contributed by atoms with E-state index in [1.54, 1.807) is 0 Å². The Labute approximate surface area is 121 Å². The highest BCUT2D eigenvalue weighted by molar-refractivity contribution is 5.18. The first-order chi connectivity index (χ1) is 9.56. The molecule has 0 radical (unpaired) electrons. The zero-order chi connectivity index (χ0) is 14.5. The van der Waals surface area contributed by atoms with Crippen LogP contribution in [0.2, 0.25) is 0 Å². The average Bonchev–Trinajstić information content (AvgIpc) is 2.41. The van der Waals surface area contributed by atoms with Crippen molar-refractivity contribution in [1.29, 1.82) is 0 Å². The summed E-state index contributed by atoms with van der Waals surface area (Å²) < 4.78 is 0. The van der Waals surface area contributed by atoms with Crippen LogP contribution in [-0.4, -0.2) is 28.0 Å². The Morgan fingerprint density at radius 1 is 1.15 bits per heavy atom. The number of likely N-dealkylation sites (N-methyl/N-ethyl adjacent to an activating group) is 1. The van der Waals surface area contributed by atoms with Gasteiger partial charge in [0.05, 0.1) is 5.69 Å². The van der Waals surface area contributed by atoms with E-state index in [0.717, 1.165) is 24.4 Å². The van der Waals surface area contributed by atoms with E-state index in [2.05, 4.69) is 54.0 Å².